The molecule has 0 aliphatic heterocycles. The van der Waals surface area contributed by atoms with Crippen LogP contribution in [0, 0.1) is 0 Å². The van der Waals surface area contributed by atoms with Gasteiger partial charge in [0.1, 0.15) is 5.88 Å². The number of aromatic nitrogens is 2. The van der Waals surface area contributed by atoms with Gasteiger partial charge in [-0.15, -0.1) is 11.6 Å². The lowest BCUT2D eigenvalue weighted by molar-refractivity contribution is -0.113. The third-order valence-corrected chi connectivity index (χ3v) is 2.60. The average molecular weight is 244 g/mol. The summed E-state index contributed by atoms with van der Waals surface area (Å²) in [5, 5.41) is 10.5. The van der Waals surface area contributed by atoms with Crippen molar-refractivity contribution in [2.75, 3.05) is 11.2 Å². The van der Waals surface area contributed by atoms with E-state index in [4.69, 9.17) is 23.2 Å². The SMILES string of the molecule is O=C(CCl)Nc1ccc2[nH]ncc2c1Cl. The number of carbonyl (C=O) groups is 1. The molecule has 15 heavy (non-hydrogen) atoms. The minimum Gasteiger partial charge on any atom is -0.324 e. The number of alkyl halides is 1. The molecular weight excluding hydrogens is 237 g/mol. The highest BCUT2D eigenvalue weighted by molar-refractivity contribution is 6.39. The second-order valence-corrected chi connectivity index (χ2v) is 3.59. The van der Waals surface area contributed by atoms with E-state index in [1.54, 1.807) is 18.3 Å². The maximum absolute atomic E-state index is 11.1. The molecule has 0 saturated carbocycles. The highest BCUT2D eigenvalue weighted by Crippen LogP contribution is 2.29. The topological polar surface area (TPSA) is 57.8 Å². The summed E-state index contributed by atoms with van der Waals surface area (Å²) in [7, 11) is 0. The van der Waals surface area contributed by atoms with Crippen LogP contribution in [-0.2, 0) is 4.79 Å². The van der Waals surface area contributed by atoms with E-state index in [9.17, 15) is 4.79 Å². The van der Waals surface area contributed by atoms with Gasteiger partial charge in [-0.05, 0) is 12.1 Å². The summed E-state index contributed by atoms with van der Waals surface area (Å²) < 4.78 is 0. The fraction of sp³-hybridized carbons (Fsp3) is 0.111. The molecule has 4 nitrogen and oxygen atoms in total. The van der Waals surface area contributed by atoms with Crippen molar-refractivity contribution in [3.63, 3.8) is 0 Å². The van der Waals surface area contributed by atoms with Crippen molar-refractivity contribution < 1.29 is 4.79 Å². The number of hydrogen-bond acceptors (Lipinski definition) is 2. The molecule has 0 bridgehead atoms. The molecule has 78 valence electrons. The van der Waals surface area contributed by atoms with Crippen LogP contribution in [-0.4, -0.2) is 22.0 Å². The Hall–Kier alpha value is -1.26. The van der Waals surface area contributed by atoms with E-state index in [1.165, 1.54) is 0 Å². The van der Waals surface area contributed by atoms with Crippen molar-refractivity contribution in [3.8, 4) is 0 Å². The predicted octanol–water partition coefficient (Wildman–Crippen LogP) is 2.39. The van der Waals surface area contributed by atoms with E-state index in [0.717, 1.165) is 10.9 Å². The lowest BCUT2D eigenvalue weighted by Gasteiger charge is -2.05. The van der Waals surface area contributed by atoms with Crippen LogP contribution in [0.5, 0.6) is 0 Å². The van der Waals surface area contributed by atoms with Crippen LogP contribution in [0.15, 0.2) is 18.3 Å². The van der Waals surface area contributed by atoms with E-state index in [1.807, 2.05) is 0 Å². The van der Waals surface area contributed by atoms with E-state index in [2.05, 4.69) is 15.5 Å². The molecule has 2 aromatic rings. The van der Waals surface area contributed by atoms with Gasteiger partial charge in [0.2, 0.25) is 5.91 Å². The highest BCUT2D eigenvalue weighted by Gasteiger charge is 2.08. The summed E-state index contributed by atoms with van der Waals surface area (Å²) >= 11 is 11.4. The second kappa shape index (κ2) is 4.08. The van der Waals surface area contributed by atoms with Gasteiger partial charge in [-0.1, -0.05) is 11.6 Å². The molecule has 0 radical (unpaired) electrons. The largest absolute Gasteiger partial charge is 0.324 e. The maximum Gasteiger partial charge on any atom is 0.239 e. The predicted molar refractivity (Wildman–Crippen MR) is 60.5 cm³/mol. The van der Waals surface area contributed by atoms with Gasteiger partial charge >= 0.3 is 0 Å². The molecule has 0 aliphatic rings. The number of carbonyl (C=O) groups excluding carboxylic acids is 1. The summed E-state index contributed by atoms with van der Waals surface area (Å²) in [6.07, 6.45) is 1.61. The van der Waals surface area contributed by atoms with Gasteiger partial charge in [0.05, 0.1) is 22.4 Å². The van der Waals surface area contributed by atoms with Gasteiger partial charge in [-0.2, -0.15) is 5.10 Å². The lowest BCUT2D eigenvalue weighted by atomic mass is 10.2. The van der Waals surface area contributed by atoms with Crippen LogP contribution in [0.25, 0.3) is 10.9 Å². The fourth-order valence-electron chi connectivity index (χ4n) is 1.26. The number of fused-ring (bicyclic) bond motifs is 1. The number of halogens is 2. The first-order valence-electron chi connectivity index (χ1n) is 4.20. The second-order valence-electron chi connectivity index (χ2n) is 2.94. The van der Waals surface area contributed by atoms with Crippen molar-refractivity contribution in [2.24, 2.45) is 0 Å². The first kappa shape index (κ1) is 10.3. The zero-order valence-electron chi connectivity index (χ0n) is 7.55. The molecular formula is C9H7Cl2N3O. The number of anilines is 1. The Bertz CT molecular complexity index is 509. The summed E-state index contributed by atoms with van der Waals surface area (Å²) in [4.78, 5) is 11.1. The molecule has 0 saturated heterocycles. The number of H-pyrrole nitrogens is 1. The maximum atomic E-state index is 11.1. The van der Waals surface area contributed by atoms with E-state index >= 15 is 0 Å². The number of benzene rings is 1. The Morgan fingerprint density at radius 2 is 2.33 bits per heavy atom. The van der Waals surface area contributed by atoms with Gasteiger partial charge < -0.3 is 5.32 Å². The molecule has 2 N–H and O–H groups in total. The van der Waals surface area contributed by atoms with Crippen LogP contribution in [0.4, 0.5) is 5.69 Å². The highest BCUT2D eigenvalue weighted by atomic mass is 35.5. The van der Waals surface area contributed by atoms with Gasteiger partial charge in [-0.3, -0.25) is 9.89 Å². The zero-order chi connectivity index (χ0) is 10.8. The van der Waals surface area contributed by atoms with Crippen molar-refractivity contribution >= 4 is 45.7 Å². The molecule has 0 atom stereocenters. The summed E-state index contributed by atoms with van der Waals surface area (Å²) in [6.45, 7) is 0. The van der Waals surface area contributed by atoms with Crippen LogP contribution in [0.2, 0.25) is 5.02 Å². The van der Waals surface area contributed by atoms with Crippen LogP contribution < -0.4 is 5.32 Å². The minimum atomic E-state index is -0.290. The number of nitrogens with zero attached hydrogens (tertiary/aromatic N) is 1. The van der Waals surface area contributed by atoms with Gasteiger partial charge in [0.25, 0.3) is 0 Å². The Labute approximate surface area is 95.6 Å². The molecule has 1 aromatic heterocycles. The summed E-state index contributed by atoms with van der Waals surface area (Å²) in [5.74, 6) is -0.388. The minimum absolute atomic E-state index is 0.0975. The zero-order valence-corrected chi connectivity index (χ0v) is 9.06. The average Bonchev–Trinajstić information content (AvgIpc) is 2.70. The van der Waals surface area contributed by atoms with Crippen LogP contribution >= 0.6 is 23.2 Å². The molecule has 1 heterocycles. The molecule has 1 aromatic carbocycles. The van der Waals surface area contributed by atoms with Gasteiger partial charge in [0, 0.05) is 5.39 Å². The normalized spacial score (nSPS) is 10.5. The van der Waals surface area contributed by atoms with Crippen LogP contribution in [0.1, 0.15) is 0 Å². The summed E-state index contributed by atoms with van der Waals surface area (Å²) in [5.41, 5.74) is 1.36. The van der Waals surface area contributed by atoms with Gasteiger partial charge in [-0.25, -0.2) is 0 Å². The first-order valence-corrected chi connectivity index (χ1v) is 5.11. The number of aromatic amines is 1. The molecule has 0 aliphatic carbocycles. The van der Waals surface area contributed by atoms with Gasteiger partial charge in [0.15, 0.2) is 0 Å². The third-order valence-electron chi connectivity index (χ3n) is 1.95. The summed E-state index contributed by atoms with van der Waals surface area (Å²) in [6, 6.07) is 3.49. The number of rotatable bonds is 2. The monoisotopic (exact) mass is 243 g/mol. The Morgan fingerprint density at radius 1 is 1.53 bits per heavy atom. The fourth-order valence-corrected chi connectivity index (χ4v) is 1.59. The Balaban J connectivity index is 2.43. The van der Waals surface area contributed by atoms with Crippen molar-refractivity contribution in [1.29, 1.82) is 0 Å². The standard InChI is InChI=1S/C9H7Cl2N3O/c10-3-8(15)13-7-2-1-6-5(9(7)11)4-12-14-6/h1-2,4H,3H2,(H,12,14)(H,13,15). The number of hydrogen-bond donors (Lipinski definition) is 2. The van der Waals surface area contributed by atoms with E-state index in [0.29, 0.717) is 10.7 Å². The lowest BCUT2D eigenvalue weighted by Crippen LogP contribution is -2.12. The van der Waals surface area contributed by atoms with Crippen LogP contribution in [0.3, 0.4) is 0 Å². The molecule has 0 spiro atoms. The quantitative estimate of drug-likeness (QED) is 0.797. The molecule has 0 unspecified atom stereocenters. The third kappa shape index (κ3) is 1.91. The van der Waals surface area contributed by atoms with E-state index in [-0.39, 0.29) is 11.8 Å². The molecule has 2 rings (SSSR count). The van der Waals surface area contributed by atoms with Crippen molar-refractivity contribution in [2.45, 2.75) is 0 Å². The number of nitrogens with one attached hydrogen (secondary N) is 2. The smallest absolute Gasteiger partial charge is 0.239 e. The van der Waals surface area contributed by atoms with Crippen molar-refractivity contribution in [1.82, 2.24) is 10.2 Å². The molecule has 1 amide bonds. The molecule has 0 fully saturated rings. The Kier molecular flexibility index (Phi) is 2.79. The van der Waals surface area contributed by atoms with E-state index < -0.39 is 0 Å². The Morgan fingerprint density at radius 3 is 3.07 bits per heavy atom. The number of amides is 1. The van der Waals surface area contributed by atoms with Crippen molar-refractivity contribution in [3.05, 3.63) is 23.4 Å². The first-order chi connectivity index (χ1) is 7.22. The molecule has 6 heteroatoms.